The van der Waals surface area contributed by atoms with Crippen LogP contribution in [0.5, 0.6) is 0 Å². The summed E-state index contributed by atoms with van der Waals surface area (Å²) in [6, 6.07) is 0. The van der Waals surface area contributed by atoms with E-state index in [-0.39, 0.29) is 6.10 Å². The quantitative estimate of drug-likeness (QED) is 0.747. The highest BCUT2D eigenvalue weighted by Gasteiger charge is 2.52. The van der Waals surface area contributed by atoms with E-state index in [1.165, 1.54) is 18.2 Å². The molecule has 3 rings (SSSR count). The first-order valence-electron chi connectivity index (χ1n) is 7.01. The molecule has 1 aliphatic carbocycles. The smallest absolute Gasteiger partial charge is 0.169 e. The minimum absolute atomic E-state index is 0.289. The lowest BCUT2D eigenvalue weighted by Crippen LogP contribution is -2.64. The second-order valence-electron chi connectivity index (χ2n) is 5.62. The van der Waals surface area contributed by atoms with Gasteiger partial charge in [-0.2, -0.15) is 0 Å². The molecule has 19 heavy (non-hydrogen) atoms. The number of aliphatic hydroxyl groups is 2. The maximum absolute atomic E-state index is 10.3. The summed E-state index contributed by atoms with van der Waals surface area (Å²) in [6.45, 7) is 0.436. The third-order valence-electron chi connectivity index (χ3n) is 4.35. The second kappa shape index (κ2) is 5.50. The van der Waals surface area contributed by atoms with Crippen LogP contribution in [-0.2, 0) is 14.2 Å². The van der Waals surface area contributed by atoms with E-state index in [2.05, 4.69) is 0 Å². The normalized spacial score (nSPS) is 45.9. The lowest BCUT2D eigenvalue weighted by atomic mass is 9.91. The fourth-order valence-corrected chi connectivity index (χ4v) is 3.94. The van der Waals surface area contributed by atoms with E-state index in [4.69, 9.17) is 14.2 Å². The summed E-state index contributed by atoms with van der Waals surface area (Å²) in [5, 5.41) is 20.3. The second-order valence-corrected chi connectivity index (χ2v) is 6.56. The van der Waals surface area contributed by atoms with Gasteiger partial charge in [0.25, 0.3) is 0 Å². The van der Waals surface area contributed by atoms with E-state index in [1.54, 1.807) is 0 Å². The van der Waals surface area contributed by atoms with Gasteiger partial charge in [-0.15, -0.1) is 11.8 Å². The van der Waals surface area contributed by atoms with Crippen LogP contribution < -0.4 is 0 Å². The lowest BCUT2D eigenvalue weighted by Gasteiger charge is -2.51. The molecule has 3 aliphatic rings. The summed E-state index contributed by atoms with van der Waals surface area (Å²) < 4.78 is 17.7. The molecule has 0 aromatic heterocycles. The summed E-state index contributed by atoms with van der Waals surface area (Å²) in [5.41, 5.74) is -0.413. The van der Waals surface area contributed by atoms with E-state index in [0.717, 1.165) is 25.7 Å². The molecule has 6 heteroatoms. The summed E-state index contributed by atoms with van der Waals surface area (Å²) in [4.78, 5) is 0. The molecule has 5 nitrogen and oxygen atoms in total. The first kappa shape index (κ1) is 14.1. The van der Waals surface area contributed by atoms with Crippen LogP contribution in [0.2, 0.25) is 0 Å². The Morgan fingerprint density at radius 2 is 1.84 bits per heavy atom. The molecule has 2 saturated heterocycles. The molecular weight excluding hydrogens is 268 g/mol. The Balaban J connectivity index is 1.73. The van der Waals surface area contributed by atoms with Gasteiger partial charge in [0.1, 0.15) is 29.9 Å². The van der Waals surface area contributed by atoms with Crippen LogP contribution in [-0.4, -0.2) is 58.7 Å². The van der Waals surface area contributed by atoms with Crippen molar-refractivity contribution in [1.29, 1.82) is 0 Å². The fraction of sp³-hybridized carbons (Fsp3) is 1.00. The van der Waals surface area contributed by atoms with Crippen molar-refractivity contribution in [3.05, 3.63) is 0 Å². The number of thioether (sulfide) groups is 1. The van der Waals surface area contributed by atoms with E-state index >= 15 is 0 Å². The molecule has 1 saturated carbocycles. The zero-order valence-electron chi connectivity index (χ0n) is 11.2. The molecule has 2 N–H and O–H groups in total. The van der Waals surface area contributed by atoms with Crippen LogP contribution in [0.1, 0.15) is 32.1 Å². The third kappa shape index (κ3) is 2.54. The van der Waals surface area contributed by atoms with Gasteiger partial charge < -0.3 is 24.4 Å². The number of hydrogen-bond donors (Lipinski definition) is 2. The van der Waals surface area contributed by atoms with Crippen LogP contribution >= 0.6 is 11.8 Å². The molecule has 0 amide bonds. The Morgan fingerprint density at radius 1 is 1.11 bits per heavy atom. The molecule has 0 aromatic carbocycles. The van der Waals surface area contributed by atoms with Gasteiger partial charge >= 0.3 is 0 Å². The van der Waals surface area contributed by atoms with Crippen LogP contribution in [0.3, 0.4) is 0 Å². The molecule has 0 aromatic rings. The van der Waals surface area contributed by atoms with Crippen molar-refractivity contribution in [2.24, 2.45) is 0 Å². The monoisotopic (exact) mass is 290 g/mol. The summed E-state index contributed by atoms with van der Waals surface area (Å²) in [7, 11) is 0. The molecule has 2 heterocycles. The van der Waals surface area contributed by atoms with Gasteiger partial charge in [-0.05, 0) is 19.1 Å². The van der Waals surface area contributed by atoms with Gasteiger partial charge in [-0.25, -0.2) is 0 Å². The Hall–Kier alpha value is 0.150. The van der Waals surface area contributed by atoms with Crippen molar-refractivity contribution in [1.82, 2.24) is 0 Å². The number of hydrogen-bond acceptors (Lipinski definition) is 6. The van der Waals surface area contributed by atoms with E-state index in [9.17, 15) is 10.2 Å². The van der Waals surface area contributed by atoms with Crippen molar-refractivity contribution in [3.63, 3.8) is 0 Å². The van der Waals surface area contributed by atoms with Crippen molar-refractivity contribution < 1.29 is 24.4 Å². The van der Waals surface area contributed by atoms with Crippen molar-refractivity contribution in [2.45, 2.75) is 67.7 Å². The zero-order chi connectivity index (χ0) is 13.5. The van der Waals surface area contributed by atoms with Gasteiger partial charge in [-0.3, -0.25) is 0 Å². The predicted octanol–water partition coefficient (Wildman–Crippen LogP) is 0.872. The number of aliphatic hydroxyl groups excluding tert-OH is 2. The number of rotatable bonds is 1. The molecule has 110 valence electrons. The topological polar surface area (TPSA) is 68.2 Å². The Morgan fingerprint density at radius 3 is 2.53 bits per heavy atom. The Bertz CT molecular complexity index is 318. The van der Waals surface area contributed by atoms with Crippen molar-refractivity contribution in [2.75, 3.05) is 12.9 Å². The maximum Gasteiger partial charge on any atom is 0.169 e. The molecule has 2 unspecified atom stereocenters. The Labute approximate surface area is 117 Å². The highest BCUT2D eigenvalue weighted by molar-refractivity contribution is 7.99. The van der Waals surface area contributed by atoms with Crippen LogP contribution in [0.15, 0.2) is 0 Å². The molecule has 1 spiro atoms. The van der Waals surface area contributed by atoms with E-state index in [0.29, 0.717) is 6.61 Å². The predicted molar refractivity (Wildman–Crippen MR) is 70.8 cm³/mol. The number of ether oxygens (including phenoxy) is 3. The molecule has 5 atom stereocenters. The van der Waals surface area contributed by atoms with Gasteiger partial charge in [0.15, 0.2) is 5.79 Å². The maximum atomic E-state index is 10.3. The molecule has 3 fully saturated rings. The van der Waals surface area contributed by atoms with Gasteiger partial charge in [0, 0.05) is 12.8 Å². The average molecular weight is 290 g/mol. The summed E-state index contributed by atoms with van der Waals surface area (Å²) >= 11 is 1.40. The lowest BCUT2D eigenvalue weighted by molar-refractivity contribution is -0.369. The first-order valence-corrected chi connectivity index (χ1v) is 8.30. The fourth-order valence-electron chi connectivity index (χ4n) is 3.25. The first-order chi connectivity index (χ1) is 9.15. The number of fused-ring (bicyclic) bond motifs is 1. The highest BCUT2D eigenvalue weighted by atomic mass is 32.2. The summed E-state index contributed by atoms with van der Waals surface area (Å²) in [5.74, 6) is -0.560. The van der Waals surface area contributed by atoms with Crippen LogP contribution in [0.4, 0.5) is 0 Å². The van der Waals surface area contributed by atoms with Gasteiger partial charge in [0.2, 0.25) is 0 Å². The average Bonchev–Trinajstić information content (AvgIpc) is 2.44. The molecule has 2 aliphatic heterocycles. The zero-order valence-corrected chi connectivity index (χ0v) is 12.0. The third-order valence-corrected chi connectivity index (χ3v) is 5.20. The molecule has 0 radical (unpaired) electrons. The van der Waals surface area contributed by atoms with Crippen molar-refractivity contribution >= 4 is 11.8 Å². The van der Waals surface area contributed by atoms with Crippen molar-refractivity contribution in [3.8, 4) is 0 Å². The van der Waals surface area contributed by atoms with Gasteiger partial charge in [-0.1, -0.05) is 6.42 Å². The molecule has 0 bridgehead atoms. The van der Waals surface area contributed by atoms with E-state index < -0.39 is 29.5 Å². The standard InChI is InChI=1S/C13H22O5S/c1-19-12-10(15)9(14)11-8(17-12)7-16-13(18-11)5-3-2-4-6-13/h8-12,14-15H,2-7H2,1H3/t8?,9-,10?,11-,12+/m1/s1. The largest absolute Gasteiger partial charge is 0.387 e. The van der Waals surface area contributed by atoms with Crippen LogP contribution in [0.25, 0.3) is 0 Å². The molecular formula is C13H22O5S. The highest BCUT2D eigenvalue weighted by Crippen LogP contribution is 2.41. The minimum atomic E-state index is -0.907. The SMILES string of the molecule is CS[C@@H]1OC2COC3(CCCCC3)O[C@H]2[C@H](O)C1O. The van der Waals surface area contributed by atoms with Crippen LogP contribution in [0, 0.1) is 0 Å². The minimum Gasteiger partial charge on any atom is -0.387 e. The Kier molecular flexibility index (Phi) is 4.08. The summed E-state index contributed by atoms with van der Waals surface area (Å²) in [6.07, 6.45) is 4.39. The van der Waals surface area contributed by atoms with E-state index in [1.807, 2.05) is 6.26 Å². The van der Waals surface area contributed by atoms with Gasteiger partial charge in [0.05, 0.1) is 6.61 Å².